The maximum absolute atomic E-state index is 12.1. The first-order valence-electron chi connectivity index (χ1n) is 8.59. The second-order valence-electron chi connectivity index (χ2n) is 7.81. The molecule has 6 nitrogen and oxygen atoms in total. The summed E-state index contributed by atoms with van der Waals surface area (Å²) < 4.78 is 0. The Balaban J connectivity index is 1.90. The molecule has 0 aliphatic carbocycles. The highest BCUT2D eigenvalue weighted by Gasteiger charge is 2.22. The van der Waals surface area contributed by atoms with Crippen molar-refractivity contribution >= 4 is 11.8 Å². The van der Waals surface area contributed by atoms with Gasteiger partial charge in [0.05, 0.1) is 11.9 Å². The van der Waals surface area contributed by atoms with Gasteiger partial charge in [0.2, 0.25) is 5.91 Å². The average molecular weight is 332 g/mol. The Kier molecular flexibility index (Phi) is 5.91. The molecular weight excluding hydrogens is 304 g/mol. The maximum Gasteiger partial charge on any atom is 0.271 e. The van der Waals surface area contributed by atoms with Crippen molar-refractivity contribution in [1.29, 1.82) is 0 Å². The van der Waals surface area contributed by atoms with Gasteiger partial charge in [0, 0.05) is 32.8 Å². The van der Waals surface area contributed by atoms with Crippen molar-refractivity contribution in [3.05, 3.63) is 23.8 Å². The third kappa shape index (κ3) is 5.58. The first-order valence-corrected chi connectivity index (χ1v) is 8.59. The fraction of sp³-hybridized carbons (Fsp3) is 0.667. The van der Waals surface area contributed by atoms with Crippen LogP contribution in [0.25, 0.3) is 0 Å². The Hall–Kier alpha value is -1.98. The van der Waals surface area contributed by atoms with Crippen molar-refractivity contribution in [3.63, 3.8) is 0 Å². The van der Waals surface area contributed by atoms with Crippen LogP contribution in [-0.2, 0) is 11.2 Å². The van der Waals surface area contributed by atoms with Gasteiger partial charge in [-0.1, -0.05) is 20.8 Å². The van der Waals surface area contributed by atoms with E-state index < -0.39 is 0 Å². The highest BCUT2D eigenvalue weighted by Crippen LogP contribution is 2.20. The summed E-state index contributed by atoms with van der Waals surface area (Å²) in [6, 6.07) is 0. The Labute approximate surface area is 144 Å². The molecule has 1 N–H and O–H groups in total. The van der Waals surface area contributed by atoms with Crippen molar-refractivity contribution in [2.24, 2.45) is 11.3 Å². The number of rotatable bonds is 4. The maximum atomic E-state index is 12.1. The highest BCUT2D eigenvalue weighted by atomic mass is 16.2. The molecule has 1 aliphatic heterocycles. The SMILES string of the molecule is CC(=O)N1CCC[C@H](Cc2cnc(C(=O)NCC(C)(C)C)cn2)C1. The summed E-state index contributed by atoms with van der Waals surface area (Å²) in [5.74, 6) is 0.360. The Bertz CT molecular complexity index is 578. The van der Waals surface area contributed by atoms with Crippen LogP contribution in [0.4, 0.5) is 0 Å². The molecule has 0 bridgehead atoms. The average Bonchev–Trinajstić information content (AvgIpc) is 2.53. The van der Waals surface area contributed by atoms with Crippen LogP contribution >= 0.6 is 0 Å². The summed E-state index contributed by atoms with van der Waals surface area (Å²) in [7, 11) is 0. The van der Waals surface area contributed by atoms with E-state index in [0.29, 0.717) is 18.2 Å². The molecule has 0 unspecified atom stereocenters. The van der Waals surface area contributed by atoms with Crippen LogP contribution in [0.3, 0.4) is 0 Å². The van der Waals surface area contributed by atoms with Crippen LogP contribution in [-0.4, -0.2) is 46.3 Å². The number of aromatic nitrogens is 2. The summed E-state index contributed by atoms with van der Waals surface area (Å²) in [5, 5.41) is 2.87. The summed E-state index contributed by atoms with van der Waals surface area (Å²) in [6.45, 7) is 10.0. The number of hydrogen-bond acceptors (Lipinski definition) is 4. The lowest BCUT2D eigenvalue weighted by Gasteiger charge is -2.31. The Morgan fingerprint density at radius 3 is 2.62 bits per heavy atom. The van der Waals surface area contributed by atoms with Gasteiger partial charge in [0.25, 0.3) is 5.91 Å². The van der Waals surface area contributed by atoms with Crippen LogP contribution in [0.1, 0.15) is 56.7 Å². The summed E-state index contributed by atoms with van der Waals surface area (Å²) in [4.78, 5) is 34.1. The third-order valence-electron chi connectivity index (χ3n) is 4.18. The van der Waals surface area contributed by atoms with Gasteiger partial charge < -0.3 is 10.2 Å². The van der Waals surface area contributed by atoms with Gasteiger partial charge in [-0.05, 0) is 30.6 Å². The minimum atomic E-state index is -0.190. The molecule has 0 radical (unpaired) electrons. The van der Waals surface area contributed by atoms with E-state index in [9.17, 15) is 9.59 Å². The van der Waals surface area contributed by atoms with Crippen molar-refractivity contribution in [1.82, 2.24) is 20.2 Å². The van der Waals surface area contributed by atoms with E-state index >= 15 is 0 Å². The number of piperidine rings is 1. The van der Waals surface area contributed by atoms with Crippen molar-refractivity contribution < 1.29 is 9.59 Å². The minimum Gasteiger partial charge on any atom is -0.350 e. The second-order valence-corrected chi connectivity index (χ2v) is 7.81. The number of nitrogens with one attached hydrogen (secondary N) is 1. The van der Waals surface area contributed by atoms with E-state index in [1.54, 1.807) is 19.3 Å². The quantitative estimate of drug-likeness (QED) is 0.916. The third-order valence-corrected chi connectivity index (χ3v) is 4.18. The van der Waals surface area contributed by atoms with E-state index in [2.05, 4.69) is 36.1 Å². The second kappa shape index (κ2) is 7.73. The molecule has 1 atom stereocenters. The van der Waals surface area contributed by atoms with E-state index in [4.69, 9.17) is 0 Å². The molecule has 1 aliphatic rings. The number of hydrogen-bond donors (Lipinski definition) is 1. The standard InChI is InChI=1S/C18H28N4O2/c1-13(23)22-7-5-6-14(11-22)8-15-9-20-16(10-19-15)17(24)21-12-18(2,3)4/h9-10,14H,5-8,11-12H2,1-4H3,(H,21,24)/t14-/m1/s1. The molecule has 24 heavy (non-hydrogen) atoms. The Morgan fingerprint density at radius 2 is 2.04 bits per heavy atom. The first kappa shape index (κ1) is 18.4. The lowest BCUT2D eigenvalue weighted by molar-refractivity contribution is -0.130. The molecule has 0 saturated carbocycles. The molecule has 1 saturated heterocycles. The predicted octanol–water partition coefficient (Wildman–Crippen LogP) is 2.05. The van der Waals surface area contributed by atoms with Gasteiger partial charge in [0.15, 0.2) is 0 Å². The highest BCUT2D eigenvalue weighted by molar-refractivity contribution is 5.91. The first-order chi connectivity index (χ1) is 11.2. The fourth-order valence-corrected chi connectivity index (χ4v) is 2.83. The van der Waals surface area contributed by atoms with Crippen molar-refractivity contribution in [2.75, 3.05) is 19.6 Å². The molecule has 2 rings (SSSR count). The van der Waals surface area contributed by atoms with Gasteiger partial charge in [-0.15, -0.1) is 0 Å². The lowest BCUT2D eigenvalue weighted by Crippen LogP contribution is -2.39. The topological polar surface area (TPSA) is 75.2 Å². The number of likely N-dealkylation sites (tertiary alicyclic amines) is 1. The normalized spacial score (nSPS) is 18.3. The van der Waals surface area contributed by atoms with Gasteiger partial charge in [-0.2, -0.15) is 0 Å². The molecule has 1 aromatic rings. The van der Waals surface area contributed by atoms with Gasteiger partial charge in [-0.3, -0.25) is 14.6 Å². The van der Waals surface area contributed by atoms with Crippen LogP contribution in [0, 0.1) is 11.3 Å². The smallest absolute Gasteiger partial charge is 0.271 e. The molecule has 0 aromatic carbocycles. The Morgan fingerprint density at radius 1 is 1.29 bits per heavy atom. The number of carbonyl (C=O) groups excluding carboxylic acids is 2. The van der Waals surface area contributed by atoms with E-state index in [1.165, 1.54) is 0 Å². The van der Waals surface area contributed by atoms with Crippen molar-refractivity contribution in [2.45, 2.75) is 47.0 Å². The lowest BCUT2D eigenvalue weighted by atomic mass is 9.93. The van der Waals surface area contributed by atoms with Gasteiger partial charge in [0.1, 0.15) is 5.69 Å². The number of carbonyl (C=O) groups is 2. The molecule has 1 aromatic heterocycles. The van der Waals surface area contributed by atoms with Crippen LogP contribution in [0.5, 0.6) is 0 Å². The monoisotopic (exact) mass is 332 g/mol. The molecule has 2 heterocycles. The fourth-order valence-electron chi connectivity index (χ4n) is 2.83. The van der Waals surface area contributed by atoms with Crippen LogP contribution in [0.2, 0.25) is 0 Å². The number of nitrogens with zero attached hydrogens (tertiary/aromatic N) is 3. The van der Waals surface area contributed by atoms with Crippen LogP contribution < -0.4 is 5.32 Å². The summed E-state index contributed by atoms with van der Waals surface area (Å²) in [5.41, 5.74) is 1.25. The van der Waals surface area contributed by atoms with Crippen molar-refractivity contribution in [3.8, 4) is 0 Å². The molecule has 2 amide bonds. The summed E-state index contributed by atoms with van der Waals surface area (Å²) in [6.07, 6.45) is 6.14. The largest absolute Gasteiger partial charge is 0.350 e. The minimum absolute atomic E-state index is 0.0343. The van der Waals surface area contributed by atoms with Crippen LogP contribution in [0.15, 0.2) is 12.4 Å². The van der Waals surface area contributed by atoms with E-state index in [0.717, 1.165) is 38.0 Å². The zero-order valence-electron chi connectivity index (χ0n) is 15.1. The molecule has 0 spiro atoms. The molecular formula is C18H28N4O2. The predicted molar refractivity (Wildman–Crippen MR) is 92.5 cm³/mol. The van der Waals surface area contributed by atoms with Gasteiger partial charge >= 0.3 is 0 Å². The van der Waals surface area contributed by atoms with E-state index in [-0.39, 0.29) is 17.2 Å². The number of amides is 2. The van der Waals surface area contributed by atoms with Gasteiger partial charge in [-0.25, -0.2) is 4.98 Å². The van der Waals surface area contributed by atoms with E-state index in [1.807, 2.05) is 4.90 Å². The molecule has 132 valence electrons. The molecule has 6 heteroatoms. The zero-order chi connectivity index (χ0) is 17.7. The zero-order valence-corrected chi connectivity index (χ0v) is 15.1. The summed E-state index contributed by atoms with van der Waals surface area (Å²) >= 11 is 0. The molecule has 1 fully saturated rings.